The summed E-state index contributed by atoms with van der Waals surface area (Å²) >= 11 is 7.11. The van der Waals surface area contributed by atoms with Crippen LogP contribution in [-0.2, 0) is 28.4 Å². The largest absolute Gasteiger partial charge is 0.480 e. The number of sulfonamides is 1. The second-order valence-corrected chi connectivity index (χ2v) is 9.33. The van der Waals surface area contributed by atoms with Gasteiger partial charge in [0.05, 0.1) is 10.5 Å². The van der Waals surface area contributed by atoms with Gasteiger partial charge in [0.15, 0.2) is 5.03 Å². The predicted octanol–water partition coefficient (Wildman–Crippen LogP) is 2.29. The lowest BCUT2D eigenvalue weighted by Gasteiger charge is -2.20. The molecule has 1 aliphatic carbocycles. The van der Waals surface area contributed by atoms with E-state index in [-0.39, 0.29) is 17.5 Å². The number of hydrogen-bond donors (Lipinski definition) is 1. The van der Waals surface area contributed by atoms with Crippen molar-refractivity contribution in [3.8, 4) is 0 Å². The molecule has 0 aliphatic heterocycles. The molecule has 10 heteroatoms. The fraction of sp³-hybridized carbons (Fsp3) is 0.429. The number of nitrogens with zero attached hydrogens (tertiary/aromatic N) is 3. The van der Waals surface area contributed by atoms with E-state index >= 15 is 0 Å². The average molecular weight is 390 g/mol. The summed E-state index contributed by atoms with van der Waals surface area (Å²) in [5.74, 6) is -1.03. The number of aromatic nitrogens is 2. The van der Waals surface area contributed by atoms with Gasteiger partial charge < -0.3 is 5.11 Å². The van der Waals surface area contributed by atoms with Gasteiger partial charge in [0, 0.05) is 24.0 Å². The molecule has 0 bridgehead atoms. The SMILES string of the molecule is Cn1ncc(C2CC2)c1S(=O)(=O)N(CC(=O)O)Cc1ccc(Cl)s1. The summed E-state index contributed by atoms with van der Waals surface area (Å²) in [7, 11) is -2.44. The third kappa shape index (κ3) is 3.49. The van der Waals surface area contributed by atoms with Gasteiger partial charge in [-0.05, 0) is 30.9 Å². The van der Waals surface area contributed by atoms with Crippen LogP contribution < -0.4 is 0 Å². The van der Waals surface area contributed by atoms with Gasteiger partial charge in [-0.2, -0.15) is 9.40 Å². The van der Waals surface area contributed by atoms with Crippen LogP contribution in [0.15, 0.2) is 23.4 Å². The van der Waals surface area contributed by atoms with Gasteiger partial charge in [-0.3, -0.25) is 9.48 Å². The van der Waals surface area contributed by atoms with E-state index in [4.69, 9.17) is 16.7 Å². The highest BCUT2D eigenvalue weighted by atomic mass is 35.5. The van der Waals surface area contributed by atoms with Gasteiger partial charge in [-0.15, -0.1) is 11.3 Å². The van der Waals surface area contributed by atoms with Crippen molar-refractivity contribution in [1.82, 2.24) is 14.1 Å². The molecule has 1 aliphatic rings. The Hall–Kier alpha value is -1.42. The number of rotatable bonds is 7. The fourth-order valence-corrected chi connectivity index (χ4v) is 5.46. The van der Waals surface area contributed by atoms with Crippen LogP contribution in [-0.4, -0.2) is 40.1 Å². The van der Waals surface area contributed by atoms with Crippen molar-refractivity contribution in [1.29, 1.82) is 0 Å². The van der Waals surface area contributed by atoms with Crippen molar-refractivity contribution in [2.45, 2.75) is 30.3 Å². The molecule has 1 fully saturated rings. The van der Waals surface area contributed by atoms with Crippen LogP contribution in [0.4, 0.5) is 0 Å². The normalized spacial score (nSPS) is 15.1. The molecule has 0 spiro atoms. The predicted molar refractivity (Wildman–Crippen MR) is 89.7 cm³/mol. The third-order valence-corrected chi connectivity index (χ3v) is 6.93. The summed E-state index contributed by atoms with van der Waals surface area (Å²) in [6, 6.07) is 3.36. The number of halogens is 1. The Bertz CT molecular complexity index is 870. The number of carboxylic acids is 1. The molecular formula is C14H16ClN3O4S2. The second-order valence-electron chi connectivity index (χ2n) is 5.68. The summed E-state index contributed by atoms with van der Waals surface area (Å²) in [5.41, 5.74) is 0.664. The fourth-order valence-electron chi connectivity index (χ4n) is 2.54. The molecule has 0 atom stereocenters. The summed E-state index contributed by atoms with van der Waals surface area (Å²) in [6.07, 6.45) is 3.41. The summed E-state index contributed by atoms with van der Waals surface area (Å²) in [6.45, 7) is -0.658. The molecular weight excluding hydrogens is 374 g/mol. The van der Waals surface area contributed by atoms with Gasteiger partial charge in [0.1, 0.15) is 6.54 Å². The first-order chi connectivity index (χ1) is 11.3. The third-order valence-electron chi connectivity index (χ3n) is 3.78. The molecule has 0 amide bonds. The van der Waals surface area contributed by atoms with Crippen LogP contribution in [0, 0.1) is 0 Å². The molecule has 24 heavy (non-hydrogen) atoms. The Labute approximate surface area is 148 Å². The van der Waals surface area contributed by atoms with E-state index in [0.717, 1.165) is 17.1 Å². The molecule has 3 rings (SSSR count). The van der Waals surface area contributed by atoms with E-state index in [1.807, 2.05) is 0 Å². The maximum absolute atomic E-state index is 13.1. The monoisotopic (exact) mass is 389 g/mol. The van der Waals surface area contributed by atoms with Crippen molar-refractivity contribution in [2.75, 3.05) is 6.54 Å². The van der Waals surface area contributed by atoms with E-state index < -0.39 is 22.5 Å². The topological polar surface area (TPSA) is 92.5 Å². The first-order valence-corrected chi connectivity index (χ1v) is 9.90. The Morgan fingerprint density at radius 1 is 1.50 bits per heavy atom. The molecule has 2 heterocycles. The lowest BCUT2D eigenvalue weighted by Crippen LogP contribution is -2.36. The van der Waals surface area contributed by atoms with Crippen LogP contribution in [0.2, 0.25) is 4.34 Å². The number of aliphatic carboxylic acids is 1. The highest BCUT2D eigenvalue weighted by molar-refractivity contribution is 7.89. The molecule has 0 radical (unpaired) electrons. The molecule has 130 valence electrons. The van der Waals surface area contributed by atoms with Crippen molar-refractivity contribution in [3.05, 3.63) is 33.1 Å². The van der Waals surface area contributed by atoms with Crippen molar-refractivity contribution < 1.29 is 18.3 Å². The van der Waals surface area contributed by atoms with Gasteiger partial charge >= 0.3 is 5.97 Å². The number of aryl methyl sites for hydroxylation is 1. The molecule has 2 aromatic heterocycles. The molecule has 0 saturated heterocycles. The molecule has 0 aromatic carbocycles. The van der Waals surface area contributed by atoms with Crippen LogP contribution in [0.5, 0.6) is 0 Å². The van der Waals surface area contributed by atoms with E-state index in [0.29, 0.717) is 14.8 Å². The lowest BCUT2D eigenvalue weighted by atomic mass is 10.2. The number of carbonyl (C=O) groups is 1. The highest BCUT2D eigenvalue weighted by Crippen LogP contribution is 2.43. The second kappa shape index (κ2) is 6.47. The maximum Gasteiger partial charge on any atom is 0.318 e. The van der Waals surface area contributed by atoms with Crippen molar-refractivity contribution >= 4 is 38.9 Å². The van der Waals surface area contributed by atoms with Gasteiger partial charge in [0.25, 0.3) is 10.0 Å². The van der Waals surface area contributed by atoms with Crippen molar-refractivity contribution in [3.63, 3.8) is 0 Å². The Kier molecular flexibility index (Phi) is 4.69. The Morgan fingerprint density at radius 3 is 2.75 bits per heavy atom. The van der Waals surface area contributed by atoms with E-state index in [1.54, 1.807) is 25.4 Å². The zero-order chi connectivity index (χ0) is 17.5. The van der Waals surface area contributed by atoms with Crippen LogP contribution >= 0.6 is 22.9 Å². The Balaban J connectivity index is 1.99. The van der Waals surface area contributed by atoms with Crippen LogP contribution in [0.1, 0.15) is 29.2 Å². The van der Waals surface area contributed by atoms with Crippen molar-refractivity contribution in [2.24, 2.45) is 7.05 Å². The minimum absolute atomic E-state index is 0.0404. The van der Waals surface area contributed by atoms with Gasteiger partial charge in [0.2, 0.25) is 0 Å². The minimum atomic E-state index is -3.99. The summed E-state index contributed by atoms with van der Waals surface area (Å²) < 4.78 is 29.0. The van der Waals surface area contributed by atoms with Crippen LogP contribution in [0.3, 0.4) is 0 Å². The van der Waals surface area contributed by atoms with Crippen LogP contribution in [0.25, 0.3) is 0 Å². The summed E-state index contributed by atoms with van der Waals surface area (Å²) in [4.78, 5) is 11.9. The molecule has 1 saturated carbocycles. The number of hydrogen-bond acceptors (Lipinski definition) is 5. The summed E-state index contributed by atoms with van der Waals surface area (Å²) in [5, 5.41) is 13.3. The zero-order valence-corrected chi connectivity index (χ0v) is 15.2. The smallest absolute Gasteiger partial charge is 0.318 e. The standard InChI is InChI=1S/C14H16ClN3O4S2/c1-17-14(11(6-16-17)9-2-3-9)24(21,22)18(8-13(19)20)7-10-4-5-12(15)23-10/h4-6,9H,2-3,7-8H2,1H3,(H,19,20). The minimum Gasteiger partial charge on any atom is -0.480 e. The molecule has 7 nitrogen and oxygen atoms in total. The molecule has 0 unspecified atom stereocenters. The molecule has 1 N–H and O–H groups in total. The maximum atomic E-state index is 13.1. The van der Waals surface area contributed by atoms with E-state index in [2.05, 4.69) is 5.10 Å². The quantitative estimate of drug-likeness (QED) is 0.784. The average Bonchev–Trinajstić information content (AvgIpc) is 3.14. The Morgan fingerprint density at radius 2 is 2.21 bits per heavy atom. The zero-order valence-electron chi connectivity index (χ0n) is 12.8. The van der Waals surface area contributed by atoms with E-state index in [9.17, 15) is 13.2 Å². The highest BCUT2D eigenvalue weighted by Gasteiger charge is 2.37. The van der Waals surface area contributed by atoms with E-state index in [1.165, 1.54) is 16.0 Å². The molecule has 2 aromatic rings. The van der Waals surface area contributed by atoms with Gasteiger partial charge in [-0.1, -0.05) is 11.6 Å². The lowest BCUT2D eigenvalue weighted by molar-refractivity contribution is -0.137. The first-order valence-electron chi connectivity index (χ1n) is 7.27. The number of thiophene rings is 1. The number of carboxylic acid groups (broad SMARTS) is 1. The van der Waals surface area contributed by atoms with Gasteiger partial charge in [-0.25, -0.2) is 8.42 Å². The first kappa shape index (κ1) is 17.4.